The van der Waals surface area contributed by atoms with E-state index in [4.69, 9.17) is 4.98 Å². The van der Waals surface area contributed by atoms with Crippen LogP contribution in [0.1, 0.15) is 12.0 Å². The van der Waals surface area contributed by atoms with Gasteiger partial charge in [0.25, 0.3) is 0 Å². The Bertz CT molecular complexity index is 1160. The summed E-state index contributed by atoms with van der Waals surface area (Å²) in [6.07, 6.45) is 0.383. The van der Waals surface area contributed by atoms with Gasteiger partial charge in [-0.25, -0.2) is 4.98 Å². The molecule has 1 amide bonds. The van der Waals surface area contributed by atoms with Crippen molar-refractivity contribution in [2.45, 2.75) is 18.9 Å². The van der Waals surface area contributed by atoms with E-state index in [1.165, 1.54) is 0 Å². The number of nitrogens with one attached hydrogen (secondary N) is 2. The third kappa shape index (κ3) is 5.71. The van der Waals surface area contributed by atoms with Crippen LogP contribution in [-0.4, -0.2) is 35.2 Å². The summed E-state index contributed by atoms with van der Waals surface area (Å²) in [5.41, 5.74) is 4.83. The zero-order valence-corrected chi connectivity index (χ0v) is 17.9. The minimum Gasteiger partial charge on any atom is -0.389 e. The molecule has 4 aromatic rings. The summed E-state index contributed by atoms with van der Waals surface area (Å²) in [5, 5.41) is 17.6. The number of amides is 1. The van der Waals surface area contributed by atoms with Crippen molar-refractivity contribution in [1.29, 1.82) is 0 Å². The zero-order valence-electron chi connectivity index (χ0n) is 17.9. The molecule has 5 nitrogen and oxygen atoms in total. The molecule has 3 aromatic carbocycles. The molecule has 4 rings (SSSR count). The molecule has 1 atom stereocenters. The average molecular weight is 426 g/mol. The summed E-state index contributed by atoms with van der Waals surface area (Å²) in [5.74, 6) is -0.0615. The Morgan fingerprint density at radius 2 is 1.56 bits per heavy atom. The van der Waals surface area contributed by atoms with Gasteiger partial charge >= 0.3 is 0 Å². The number of aryl methyl sites for hydroxylation is 1. The van der Waals surface area contributed by atoms with E-state index in [1.807, 2.05) is 91.0 Å². The summed E-state index contributed by atoms with van der Waals surface area (Å²) in [7, 11) is 0. The number of benzene rings is 3. The summed E-state index contributed by atoms with van der Waals surface area (Å²) in [6, 6.07) is 29.9. The van der Waals surface area contributed by atoms with Crippen LogP contribution in [0, 0.1) is 0 Å². The van der Waals surface area contributed by atoms with Crippen LogP contribution in [0.2, 0.25) is 0 Å². The fraction of sp³-hybridized carbons (Fsp3) is 0.185. The number of aromatic nitrogens is 1. The molecular weight excluding hydrogens is 398 g/mol. The number of aliphatic hydroxyl groups is 1. The second-order valence-corrected chi connectivity index (χ2v) is 7.76. The highest BCUT2D eigenvalue weighted by Crippen LogP contribution is 2.28. The highest BCUT2D eigenvalue weighted by Gasteiger charge is 2.11. The third-order valence-electron chi connectivity index (χ3n) is 5.33. The summed E-state index contributed by atoms with van der Waals surface area (Å²) < 4.78 is 0. The lowest BCUT2D eigenvalue weighted by molar-refractivity contribution is -0.121. The van der Waals surface area contributed by atoms with Crippen molar-refractivity contribution in [3.05, 3.63) is 96.6 Å². The van der Waals surface area contributed by atoms with Gasteiger partial charge in [0.2, 0.25) is 5.91 Å². The molecule has 1 aromatic heterocycles. The lowest BCUT2D eigenvalue weighted by Crippen LogP contribution is -2.35. The summed E-state index contributed by atoms with van der Waals surface area (Å²) in [6.45, 7) is 0.524. The summed E-state index contributed by atoms with van der Waals surface area (Å²) >= 11 is 0. The predicted octanol–water partition coefficient (Wildman–Crippen LogP) is 4.42. The zero-order chi connectivity index (χ0) is 22.2. The molecule has 0 fully saturated rings. The molecule has 0 aliphatic carbocycles. The third-order valence-corrected chi connectivity index (χ3v) is 5.33. The van der Waals surface area contributed by atoms with Gasteiger partial charge in [-0.15, -0.1) is 0 Å². The molecule has 0 aliphatic heterocycles. The topological polar surface area (TPSA) is 74.2 Å². The van der Waals surface area contributed by atoms with Crippen molar-refractivity contribution >= 4 is 22.5 Å². The van der Waals surface area contributed by atoms with E-state index < -0.39 is 6.10 Å². The first-order valence-electron chi connectivity index (χ1n) is 10.9. The number of nitrogens with zero attached hydrogens (tertiary/aromatic N) is 1. The Morgan fingerprint density at radius 1 is 0.875 bits per heavy atom. The smallest absolute Gasteiger partial charge is 0.220 e. The first-order chi connectivity index (χ1) is 15.7. The molecule has 1 heterocycles. The van der Waals surface area contributed by atoms with E-state index in [1.54, 1.807) is 0 Å². The lowest BCUT2D eigenvalue weighted by atomic mass is 10.1. The van der Waals surface area contributed by atoms with Gasteiger partial charge in [0.05, 0.1) is 17.3 Å². The number of rotatable bonds is 9. The number of hydrogen-bond donors (Lipinski definition) is 3. The van der Waals surface area contributed by atoms with Gasteiger partial charge in [0, 0.05) is 36.1 Å². The Kier molecular flexibility index (Phi) is 7.10. The molecule has 0 radical (unpaired) electrons. The maximum absolute atomic E-state index is 12.1. The number of aliphatic hydroxyl groups excluding tert-OH is 1. The average Bonchev–Trinajstić information content (AvgIpc) is 2.85. The van der Waals surface area contributed by atoms with Gasteiger partial charge in [-0.05, 0) is 24.1 Å². The highest BCUT2D eigenvalue weighted by atomic mass is 16.3. The number of carbonyl (C=O) groups is 1. The van der Waals surface area contributed by atoms with Gasteiger partial charge in [0.15, 0.2) is 0 Å². The highest BCUT2D eigenvalue weighted by molar-refractivity contribution is 5.93. The van der Waals surface area contributed by atoms with E-state index in [9.17, 15) is 9.90 Å². The predicted molar refractivity (Wildman–Crippen MR) is 129 cm³/mol. The second-order valence-electron chi connectivity index (χ2n) is 7.76. The second kappa shape index (κ2) is 10.6. The van der Waals surface area contributed by atoms with Crippen LogP contribution in [0.3, 0.4) is 0 Å². The lowest BCUT2D eigenvalue weighted by Gasteiger charge is -2.16. The number of anilines is 1. The quantitative estimate of drug-likeness (QED) is 0.371. The Hall–Kier alpha value is -3.70. The molecule has 0 saturated carbocycles. The first kappa shape index (κ1) is 21.5. The van der Waals surface area contributed by atoms with Crippen LogP contribution in [0.15, 0.2) is 91.0 Å². The van der Waals surface area contributed by atoms with Crippen molar-refractivity contribution in [2.24, 2.45) is 0 Å². The van der Waals surface area contributed by atoms with Crippen LogP contribution in [0.25, 0.3) is 22.2 Å². The first-order valence-corrected chi connectivity index (χ1v) is 10.9. The minimum absolute atomic E-state index is 0.0615. The standard InChI is InChI=1S/C27H27N3O2/c31-22(19-29-27(32)16-15-20-9-3-1-4-10-20)18-28-26-17-25(21-11-5-2-6-12-21)30-24-14-8-7-13-23(24)26/h1-14,17,22,31H,15-16,18-19H2,(H,28,30)(H,29,32). The van der Waals surface area contributed by atoms with Gasteiger partial charge in [-0.1, -0.05) is 78.9 Å². The molecule has 1 unspecified atom stereocenters. The maximum Gasteiger partial charge on any atom is 0.220 e. The number of fused-ring (bicyclic) bond motifs is 1. The molecule has 3 N–H and O–H groups in total. The molecular formula is C27H27N3O2. The normalized spacial score (nSPS) is 11.8. The Labute approximate surface area is 188 Å². The maximum atomic E-state index is 12.1. The monoisotopic (exact) mass is 425 g/mol. The molecule has 162 valence electrons. The largest absolute Gasteiger partial charge is 0.389 e. The van der Waals surface area contributed by atoms with Crippen molar-refractivity contribution in [3.63, 3.8) is 0 Å². The van der Waals surface area contributed by atoms with Crippen molar-refractivity contribution in [3.8, 4) is 11.3 Å². The molecule has 0 aliphatic rings. The van der Waals surface area contributed by atoms with Crippen molar-refractivity contribution < 1.29 is 9.90 Å². The van der Waals surface area contributed by atoms with E-state index in [0.717, 1.165) is 33.4 Å². The van der Waals surface area contributed by atoms with Gasteiger partial charge in [-0.2, -0.15) is 0 Å². The van der Waals surface area contributed by atoms with E-state index >= 15 is 0 Å². The molecule has 5 heteroatoms. The number of carbonyl (C=O) groups excluding carboxylic acids is 1. The molecule has 32 heavy (non-hydrogen) atoms. The van der Waals surface area contributed by atoms with Crippen molar-refractivity contribution in [2.75, 3.05) is 18.4 Å². The van der Waals surface area contributed by atoms with E-state index in [-0.39, 0.29) is 12.5 Å². The number of para-hydroxylation sites is 1. The van der Waals surface area contributed by atoms with Gasteiger partial charge in [-0.3, -0.25) is 4.79 Å². The number of hydrogen-bond acceptors (Lipinski definition) is 4. The SMILES string of the molecule is O=C(CCc1ccccc1)NCC(O)CNc1cc(-c2ccccc2)nc2ccccc12. The number of pyridine rings is 1. The van der Waals surface area contributed by atoms with Crippen LogP contribution >= 0.6 is 0 Å². The molecule has 0 saturated heterocycles. The van der Waals surface area contributed by atoms with Crippen LogP contribution in [-0.2, 0) is 11.2 Å². The fourth-order valence-electron chi connectivity index (χ4n) is 3.60. The van der Waals surface area contributed by atoms with E-state index in [2.05, 4.69) is 10.6 Å². The van der Waals surface area contributed by atoms with Crippen LogP contribution in [0.5, 0.6) is 0 Å². The molecule has 0 bridgehead atoms. The molecule has 0 spiro atoms. The Morgan fingerprint density at radius 3 is 2.34 bits per heavy atom. The summed E-state index contributed by atoms with van der Waals surface area (Å²) in [4.78, 5) is 16.9. The van der Waals surface area contributed by atoms with Gasteiger partial charge in [0.1, 0.15) is 0 Å². The Balaban J connectivity index is 1.35. The minimum atomic E-state index is -0.706. The van der Waals surface area contributed by atoms with Crippen LogP contribution < -0.4 is 10.6 Å². The van der Waals surface area contributed by atoms with Crippen LogP contribution in [0.4, 0.5) is 5.69 Å². The van der Waals surface area contributed by atoms with E-state index in [0.29, 0.717) is 19.4 Å². The van der Waals surface area contributed by atoms with Crippen molar-refractivity contribution in [1.82, 2.24) is 10.3 Å². The van der Waals surface area contributed by atoms with Gasteiger partial charge < -0.3 is 15.7 Å². The fourth-order valence-corrected chi connectivity index (χ4v) is 3.60.